The summed E-state index contributed by atoms with van der Waals surface area (Å²) in [6, 6.07) is 9.48. The molecule has 4 nitrogen and oxygen atoms in total. The molecular weight excluding hydrogens is 230 g/mol. The van der Waals surface area contributed by atoms with E-state index in [0.717, 1.165) is 17.0 Å². The maximum absolute atomic E-state index is 10.5. The number of aromatic nitrogens is 1. The van der Waals surface area contributed by atoms with Gasteiger partial charge in [0.1, 0.15) is 17.9 Å². The topological polar surface area (TPSA) is 59.4 Å². The number of para-hydroxylation sites is 1. The predicted octanol–water partition coefficient (Wildman–Crippen LogP) is 2.64. The lowest BCUT2D eigenvalue weighted by atomic mass is 10.2. The Kier molecular flexibility index (Phi) is 3.57. The Balaban J connectivity index is 2.20. The van der Waals surface area contributed by atoms with Crippen molar-refractivity contribution in [2.75, 3.05) is 6.61 Å². The van der Waals surface area contributed by atoms with Crippen LogP contribution >= 0.6 is 0 Å². The molecule has 0 saturated carbocycles. The molecule has 0 unspecified atom stereocenters. The first-order valence-electron chi connectivity index (χ1n) is 5.53. The van der Waals surface area contributed by atoms with Crippen molar-refractivity contribution in [2.24, 2.45) is 0 Å². The first-order chi connectivity index (χ1) is 8.66. The van der Waals surface area contributed by atoms with Gasteiger partial charge in [0.05, 0.1) is 0 Å². The van der Waals surface area contributed by atoms with Crippen molar-refractivity contribution in [1.29, 1.82) is 0 Å². The highest BCUT2D eigenvalue weighted by molar-refractivity contribution is 5.84. The molecule has 4 heteroatoms. The zero-order chi connectivity index (χ0) is 13.0. The van der Waals surface area contributed by atoms with Crippen LogP contribution in [0.2, 0.25) is 0 Å². The van der Waals surface area contributed by atoms with Crippen LogP contribution in [0.4, 0.5) is 0 Å². The van der Waals surface area contributed by atoms with E-state index in [1.165, 1.54) is 0 Å². The van der Waals surface area contributed by atoms with E-state index in [1.54, 1.807) is 13.1 Å². The van der Waals surface area contributed by atoms with Gasteiger partial charge in [-0.3, -0.25) is 4.98 Å². The predicted molar refractivity (Wildman–Crippen MR) is 68.6 cm³/mol. The Morgan fingerprint density at radius 2 is 2.17 bits per heavy atom. The lowest BCUT2D eigenvalue weighted by Crippen LogP contribution is -2.02. The monoisotopic (exact) mass is 243 g/mol. The summed E-state index contributed by atoms with van der Waals surface area (Å²) in [6.45, 7) is 1.95. The van der Waals surface area contributed by atoms with Crippen LogP contribution in [-0.4, -0.2) is 22.7 Å². The van der Waals surface area contributed by atoms with Crippen molar-refractivity contribution >= 4 is 16.9 Å². The van der Waals surface area contributed by atoms with Gasteiger partial charge < -0.3 is 9.84 Å². The van der Waals surface area contributed by atoms with Gasteiger partial charge in [0.2, 0.25) is 0 Å². The van der Waals surface area contributed by atoms with Crippen molar-refractivity contribution < 1.29 is 14.6 Å². The molecular formula is C14H13NO3. The number of ether oxygens (including phenoxy) is 1. The maximum Gasteiger partial charge on any atom is 0.328 e. The average molecular weight is 243 g/mol. The van der Waals surface area contributed by atoms with Gasteiger partial charge in [-0.05, 0) is 24.6 Å². The van der Waals surface area contributed by atoms with Crippen LogP contribution in [-0.2, 0) is 4.79 Å². The van der Waals surface area contributed by atoms with Gasteiger partial charge in [-0.1, -0.05) is 18.2 Å². The van der Waals surface area contributed by atoms with Crippen LogP contribution in [0.3, 0.4) is 0 Å². The smallest absolute Gasteiger partial charge is 0.328 e. The van der Waals surface area contributed by atoms with Crippen LogP contribution in [0.15, 0.2) is 48.2 Å². The standard InChI is InChI=1S/C14H13NO3/c1-10(8-13(16)17)9-18-12-6-2-4-11-5-3-7-15-14(11)12/h2-8H,9H2,1H3,(H,16,17)/b10-8+. The Morgan fingerprint density at radius 3 is 2.94 bits per heavy atom. The van der Waals surface area contributed by atoms with Gasteiger partial charge in [-0.2, -0.15) is 0 Å². The van der Waals surface area contributed by atoms with Crippen LogP contribution in [0.1, 0.15) is 6.92 Å². The minimum atomic E-state index is -0.966. The van der Waals surface area contributed by atoms with Crippen LogP contribution in [0.5, 0.6) is 5.75 Å². The van der Waals surface area contributed by atoms with Gasteiger partial charge in [-0.15, -0.1) is 0 Å². The van der Waals surface area contributed by atoms with E-state index in [4.69, 9.17) is 9.84 Å². The average Bonchev–Trinajstić information content (AvgIpc) is 2.35. The van der Waals surface area contributed by atoms with E-state index in [-0.39, 0.29) is 6.61 Å². The fourth-order valence-electron chi connectivity index (χ4n) is 1.64. The van der Waals surface area contributed by atoms with E-state index in [9.17, 15) is 4.79 Å². The van der Waals surface area contributed by atoms with Crippen molar-refractivity contribution in [1.82, 2.24) is 4.98 Å². The summed E-state index contributed by atoms with van der Waals surface area (Å²) in [4.78, 5) is 14.7. The number of aliphatic carboxylic acids is 1. The molecule has 1 aromatic heterocycles. The number of rotatable bonds is 4. The summed E-state index contributed by atoms with van der Waals surface area (Å²) in [6.07, 6.45) is 2.84. The number of pyridine rings is 1. The third-order valence-corrected chi connectivity index (χ3v) is 2.42. The fourth-order valence-corrected chi connectivity index (χ4v) is 1.64. The second-order valence-electron chi connectivity index (χ2n) is 3.95. The largest absolute Gasteiger partial charge is 0.487 e. The number of fused-ring (bicyclic) bond motifs is 1. The van der Waals surface area contributed by atoms with Crippen LogP contribution in [0, 0.1) is 0 Å². The molecule has 0 radical (unpaired) electrons. The zero-order valence-electron chi connectivity index (χ0n) is 9.96. The quantitative estimate of drug-likeness (QED) is 0.838. The number of benzene rings is 1. The molecule has 1 aromatic carbocycles. The number of carbonyl (C=O) groups is 1. The molecule has 0 amide bonds. The van der Waals surface area contributed by atoms with Crippen LogP contribution in [0.25, 0.3) is 10.9 Å². The van der Waals surface area contributed by atoms with Gasteiger partial charge in [0.25, 0.3) is 0 Å². The molecule has 0 saturated heterocycles. The number of hydrogen-bond donors (Lipinski definition) is 1. The van der Waals surface area contributed by atoms with E-state index in [2.05, 4.69) is 4.98 Å². The van der Waals surface area contributed by atoms with Gasteiger partial charge >= 0.3 is 5.97 Å². The summed E-state index contributed by atoms with van der Waals surface area (Å²) in [7, 11) is 0. The number of nitrogens with zero attached hydrogens (tertiary/aromatic N) is 1. The van der Waals surface area contributed by atoms with Gasteiger partial charge in [-0.25, -0.2) is 4.79 Å². The van der Waals surface area contributed by atoms with E-state index in [1.807, 2.05) is 30.3 Å². The normalized spacial score (nSPS) is 11.5. The summed E-state index contributed by atoms with van der Waals surface area (Å²) in [5, 5.41) is 9.60. The molecule has 0 aliphatic heterocycles. The lowest BCUT2D eigenvalue weighted by molar-refractivity contribution is -0.131. The van der Waals surface area contributed by atoms with E-state index < -0.39 is 5.97 Å². The zero-order valence-corrected chi connectivity index (χ0v) is 9.96. The molecule has 1 N–H and O–H groups in total. The number of carboxylic acids is 1. The molecule has 0 aliphatic rings. The molecule has 0 aliphatic carbocycles. The fraction of sp³-hybridized carbons (Fsp3) is 0.143. The van der Waals surface area contributed by atoms with E-state index in [0.29, 0.717) is 11.3 Å². The Bertz CT molecular complexity index is 600. The highest BCUT2D eigenvalue weighted by Crippen LogP contribution is 2.23. The summed E-state index contributed by atoms with van der Waals surface area (Å²) >= 11 is 0. The SMILES string of the molecule is C/C(=C\C(=O)O)COc1cccc2cccnc12. The summed E-state index contributed by atoms with van der Waals surface area (Å²) in [5.41, 5.74) is 1.43. The Morgan fingerprint density at radius 1 is 1.39 bits per heavy atom. The van der Waals surface area contributed by atoms with Crippen LogP contribution < -0.4 is 4.74 Å². The molecule has 1 heterocycles. The highest BCUT2D eigenvalue weighted by Gasteiger charge is 2.03. The lowest BCUT2D eigenvalue weighted by Gasteiger charge is -2.08. The molecule has 2 aromatic rings. The molecule has 2 rings (SSSR count). The molecule has 92 valence electrons. The Hall–Kier alpha value is -2.36. The molecule has 18 heavy (non-hydrogen) atoms. The second-order valence-corrected chi connectivity index (χ2v) is 3.95. The summed E-state index contributed by atoms with van der Waals surface area (Å²) in [5.74, 6) is -0.307. The van der Waals surface area contributed by atoms with Crippen molar-refractivity contribution in [3.8, 4) is 5.75 Å². The Labute approximate surface area is 105 Å². The van der Waals surface area contributed by atoms with Gasteiger partial charge in [0.15, 0.2) is 0 Å². The minimum Gasteiger partial charge on any atom is -0.487 e. The van der Waals surface area contributed by atoms with Crippen molar-refractivity contribution in [3.63, 3.8) is 0 Å². The van der Waals surface area contributed by atoms with E-state index >= 15 is 0 Å². The third kappa shape index (κ3) is 2.85. The highest BCUT2D eigenvalue weighted by atomic mass is 16.5. The third-order valence-electron chi connectivity index (χ3n) is 2.42. The number of carboxylic acid groups (broad SMARTS) is 1. The molecule has 0 spiro atoms. The maximum atomic E-state index is 10.5. The van der Waals surface area contributed by atoms with Gasteiger partial charge in [0, 0.05) is 17.7 Å². The second kappa shape index (κ2) is 5.31. The molecule has 0 atom stereocenters. The first kappa shape index (κ1) is 12.1. The molecule has 0 fully saturated rings. The summed E-state index contributed by atoms with van der Waals surface area (Å²) < 4.78 is 5.59. The minimum absolute atomic E-state index is 0.238. The van der Waals surface area contributed by atoms with Crippen molar-refractivity contribution in [2.45, 2.75) is 6.92 Å². The molecule has 0 bridgehead atoms. The first-order valence-corrected chi connectivity index (χ1v) is 5.53. The number of hydrogen-bond acceptors (Lipinski definition) is 3. The van der Waals surface area contributed by atoms with Crippen molar-refractivity contribution in [3.05, 3.63) is 48.2 Å².